The molecule has 3 rings (SSSR count). The van der Waals surface area contributed by atoms with Gasteiger partial charge in [0.15, 0.2) is 0 Å². The molecular formula is C14H27N3O5. The summed E-state index contributed by atoms with van der Waals surface area (Å²) in [6.45, 7) is 6.26. The average Bonchev–Trinajstić information content (AvgIpc) is 3.33. The molecule has 2 saturated heterocycles. The maximum absolute atomic E-state index is 9.90. The number of hydrogen-bond acceptors (Lipinski definition) is 6. The second kappa shape index (κ2) is 9.04. The maximum atomic E-state index is 9.90. The molecule has 0 unspecified atom stereocenters. The van der Waals surface area contributed by atoms with Crippen LogP contribution in [0.25, 0.3) is 0 Å². The zero-order valence-corrected chi connectivity index (χ0v) is 12.9. The van der Waals surface area contributed by atoms with Gasteiger partial charge in [0, 0.05) is 45.8 Å². The molecule has 3 aliphatic rings. The molecule has 0 aromatic rings. The molecule has 0 atom stereocenters. The van der Waals surface area contributed by atoms with E-state index in [1.165, 1.54) is 0 Å². The van der Waals surface area contributed by atoms with Gasteiger partial charge in [0.1, 0.15) is 0 Å². The summed E-state index contributed by atoms with van der Waals surface area (Å²) in [7, 11) is 0. The van der Waals surface area contributed by atoms with Crippen molar-refractivity contribution in [3.05, 3.63) is 0 Å². The molecule has 0 aromatic heterocycles. The summed E-state index contributed by atoms with van der Waals surface area (Å²) < 4.78 is 0. The Balaban J connectivity index is 0.000000167. The molecular weight excluding hydrogens is 290 g/mol. The molecule has 2 heterocycles. The number of hydrogen-bond donors (Lipinski definition) is 4. The van der Waals surface area contributed by atoms with Gasteiger partial charge < -0.3 is 30.9 Å². The monoisotopic (exact) mass is 317 g/mol. The van der Waals surface area contributed by atoms with E-state index in [2.05, 4.69) is 9.80 Å². The van der Waals surface area contributed by atoms with Crippen LogP contribution in [-0.4, -0.2) is 88.5 Å². The van der Waals surface area contributed by atoms with Crippen LogP contribution >= 0.6 is 0 Å². The molecule has 128 valence electrons. The molecule has 1 aliphatic carbocycles. The molecule has 8 nitrogen and oxygen atoms in total. The van der Waals surface area contributed by atoms with Crippen molar-refractivity contribution in [2.24, 2.45) is 5.73 Å². The Hall–Kier alpha value is -1.22. The first-order valence-corrected chi connectivity index (χ1v) is 7.65. The zero-order chi connectivity index (χ0) is 16.6. The number of aliphatic hydroxyl groups is 1. The Bertz CT molecular complexity index is 339. The fraction of sp³-hybridized carbons (Fsp3) is 0.857. The number of carboxylic acids is 2. The zero-order valence-electron chi connectivity index (χ0n) is 12.9. The van der Waals surface area contributed by atoms with Crippen molar-refractivity contribution in [3.8, 4) is 0 Å². The van der Waals surface area contributed by atoms with Crippen LogP contribution in [-0.2, 0) is 9.59 Å². The van der Waals surface area contributed by atoms with E-state index in [0.717, 1.165) is 52.1 Å². The first-order chi connectivity index (χ1) is 10.3. The van der Waals surface area contributed by atoms with Crippen LogP contribution in [0, 0.1) is 0 Å². The summed E-state index contributed by atoms with van der Waals surface area (Å²) >= 11 is 0. The van der Waals surface area contributed by atoms with Gasteiger partial charge in [-0.2, -0.15) is 0 Å². The first kappa shape index (κ1) is 18.8. The van der Waals surface area contributed by atoms with Crippen molar-refractivity contribution in [2.45, 2.75) is 31.3 Å². The molecule has 5 N–H and O–H groups in total. The lowest BCUT2D eigenvalue weighted by molar-refractivity contribution is -0.138. The van der Waals surface area contributed by atoms with E-state index in [9.17, 15) is 9.59 Å². The summed E-state index contributed by atoms with van der Waals surface area (Å²) in [5, 5.41) is 25.1. The minimum Gasteiger partial charge on any atom is -0.481 e. The Morgan fingerprint density at radius 2 is 1.27 bits per heavy atom. The minimum atomic E-state index is -0.697. The predicted molar refractivity (Wildman–Crippen MR) is 80.6 cm³/mol. The maximum Gasteiger partial charge on any atom is 0.304 e. The molecule has 0 radical (unpaired) electrons. The van der Waals surface area contributed by atoms with Crippen LogP contribution in [0.15, 0.2) is 0 Å². The van der Waals surface area contributed by atoms with Gasteiger partial charge in [-0.25, -0.2) is 0 Å². The number of carboxylic acid groups (broad SMARTS) is 2. The van der Waals surface area contributed by atoms with Crippen LogP contribution in [0.1, 0.15) is 25.7 Å². The van der Waals surface area contributed by atoms with E-state index in [4.69, 9.17) is 21.1 Å². The lowest BCUT2D eigenvalue weighted by Gasteiger charge is -1.96. The molecule has 2 aliphatic heterocycles. The van der Waals surface area contributed by atoms with Crippen molar-refractivity contribution in [1.29, 1.82) is 0 Å². The van der Waals surface area contributed by atoms with Crippen molar-refractivity contribution in [2.75, 3.05) is 45.8 Å². The van der Waals surface area contributed by atoms with Crippen molar-refractivity contribution in [3.63, 3.8) is 0 Å². The molecule has 8 heteroatoms. The van der Waals surface area contributed by atoms with Crippen LogP contribution < -0.4 is 5.73 Å². The first-order valence-electron chi connectivity index (χ1n) is 7.65. The molecule has 0 aromatic carbocycles. The van der Waals surface area contributed by atoms with Gasteiger partial charge in [-0.15, -0.1) is 0 Å². The summed E-state index contributed by atoms with van der Waals surface area (Å²) in [5.74, 6) is -1.39. The van der Waals surface area contributed by atoms with Gasteiger partial charge in [0.25, 0.3) is 0 Å². The third-order valence-corrected chi connectivity index (χ3v) is 3.57. The normalized spacial score (nSPS) is 20.8. The predicted octanol–water partition coefficient (Wildman–Crippen LogP) is -0.977. The number of rotatable bonds is 7. The highest BCUT2D eigenvalue weighted by Gasteiger charge is 2.38. The van der Waals surface area contributed by atoms with Gasteiger partial charge in [0.05, 0.1) is 18.4 Å². The minimum absolute atomic E-state index is 0.292. The lowest BCUT2D eigenvalue weighted by Crippen LogP contribution is -2.20. The van der Waals surface area contributed by atoms with Gasteiger partial charge in [0.2, 0.25) is 0 Å². The van der Waals surface area contributed by atoms with Gasteiger partial charge in [-0.1, -0.05) is 0 Å². The number of aliphatic carboxylic acids is 2. The second-order valence-electron chi connectivity index (χ2n) is 5.90. The highest BCUT2D eigenvalue weighted by molar-refractivity contribution is 5.67. The lowest BCUT2D eigenvalue weighted by atomic mass is 10.4. The smallest absolute Gasteiger partial charge is 0.304 e. The van der Waals surface area contributed by atoms with Crippen molar-refractivity contribution < 1.29 is 24.9 Å². The average molecular weight is 317 g/mol. The van der Waals surface area contributed by atoms with Crippen molar-refractivity contribution in [1.82, 2.24) is 9.80 Å². The van der Waals surface area contributed by atoms with Gasteiger partial charge in [-0.3, -0.25) is 9.59 Å². The highest BCUT2D eigenvalue weighted by Crippen LogP contribution is 2.32. The summed E-state index contributed by atoms with van der Waals surface area (Å²) in [6.07, 6.45) is 2.40. The molecule has 22 heavy (non-hydrogen) atoms. The third-order valence-electron chi connectivity index (χ3n) is 3.57. The summed E-state index contributed by atoms with van der Waals surface area (Å²) in [4.78, 5) is 24.0. The Morgan fingerprint density at radius 3 is 1.41 bits per heavy atom. The molecule has 0 bridgehead atoms. The topological polar surface area (TPSA) is 127 Å². The fourth-order valence-electron chi connectivity index (χ4n) is 1.44. The number of nitrogens with zero attached hydrogens (tertiary/aromatic N) is 2. The van der Waals surface area contributed by atoms with Crippen LogP contribution in [0.5, 0.6) is 0 Å². The van der Waals surface area contributed by atoms with Crippen LogP contribution in [0.2, 0.25) is 0 Å². The number of nitrogens with two attached hydrogens (primary N) is 1. The molecule has 1 saturated carbocycles. The summed E-state index contributed by atoms with van der Waals surface area (Å²) in [5.41, 5.74) is 4.69. The highest BCUT2D eigenvalue weighted by atomic mass is 16.4. The Morgan fingerprint density at radius 1 is 0.909 bits per heavy atom. The SMILES string of the molecule is NCC1(O)CC1.O=C(O)CCN1CC1.O=C(O)CCN1CC1. The van der Waals surface area contributed by atoms with E-state index < -0.39 is 17.5 Å². The Kier molecular flexibility index (Phi) is 7.74. The van der Waals surface area contributed by atoms with E-state index in [-0.39, 0.29) is 0 Å². The van der Waals surface area contributed by atoms with E-state index in [1.54, 1.807) is 0 Å². The van der Waals surface area contributed by atoms with E-state index >= 15 is 0 Å². The molecule has 0 spiro atoms. The molecule has 3 fully saturated rings. The third kappa shape index (κ3) is 11.4. The fourth-order valence-corrected chi connectivity index (χ4v) is 1.44. The largest absolute Gasteiger partial charge is 0.481 e. The quantitative estimate of drug-likeness (QED) is 0.441. The summed E-state index contributed by atoms with van der Waals surface area (Å²) in [6, 6.07) is 0. The van der Waals surface area contributed by atoms with E-state index in [1.807, 2.05) is 0 Å². The van der Waals surface area contributed by atoms with Gasteiger partial charge in [-0.05, 0) is 12.8 Å². The Labute approximate surface area is 130 Å². The van der Waals surface area contributed by atoms with Crippen LogP contribution in [0.4, 0.5) is 0 Å². The second-order valence-corrected chi connectivity index (χ2v) is 5.90. The van der Waals surface area contributed by atoms with Crippen molar-refractivity contribution >= 4 is 11.9 Å². The van der Waals surface area contributed by atoms with E-state index in [0.29, 0.717) is 19.4 Å². The standard InChI is InChI=1S/2C5H9NO2.C4H9NO/c2*7-5(8)1-2-6-3-4-6;5-3-4(6)1-2-4/h2*1-4H2,(H,7,8);6H,1-3,5H2. The van der Waals surface area contributed by atoms with Gasteiger partial charge >= 0.3 is 11.9 Å². The molecule has 0 amide bonds. The number of carbonyl (C=O) groups is 2. The van der Waals surface area contributed by atoms with Crippen LogP contribution in [0.3, 0.4) is 0 Å².